The molecule has 9 aromatic carbocycles. The fourth-order valence-electron chi connectivity index (χ4n) is 7.66. The minimum atomic E-state index is -1.63. The Balaban J connectivity index is 0.000000112. The van der Waals surface area contributed by atoms with Gasteiger partial charge in [0.25, 0.3) is 0 Å². The van der Waals surface area contributed by atoms with Gasteiger partial charge < -0.3 is 0 Å². The Morgan fingerprint density at radius 3 is 0.406 bits per heavy atom. The van der Waals surface area contributed by atoms with Gasteiger partial charge in [-0.2, -0.15) is 0 Å². The van der Waals surface area contributed by atoms with Gasteiger partial charge in [-0.05, 0) is 25.5 Å². The van der Waals surface area contributed by atoms with E-state index in [0.29, 0.717) is 0 Å². The zero-order valence-corrected chi connectivity index (χ0v) is 48.1. The summed E-state index contributed by atoms with van der Waals surface area (Å²) in [4.78, 5) is 0. The summed E-state index contributed by atoms with van der Waals surface area (Å²) in [6.45, 7) is 0. The first-order valence-electron chi connectivity index (χ1n) is 21.4. The topological polar surface area (TPSA) is 0 Å². The molecule has 0 saturated heterocycles. The van der Waals surface area contributed by atoms with E-state index in [9.17, 15) is 0 Å². The first kappa shape index (κ1) is 45.8. The molecule has 0 aliphatic rings. The summed E-state index contributed by atoms with van der Waals surface area (Å²) in [5, 5.41) is 0. The average Bonchev–Trinajstić information content (AvgIpc) is 3.77. The summed E-state index contributed by atoms with van der Waals surface area (Å²) in [5.41, 5.74) is 0. The molecule has 311 valence electrons. The van der Waals surface area contributed by atoms with Crippen molar-refractivity contribution in [3.8, 4) is 0 Å². The Kier molecular flexibility index (Phi) is 17.2. The summed E-state index contributed by atoms with van der Waals surface area (Å²) >= 11 is -4.90. The molecule has 64 heavy (non-hydrogen) atoms. The van der Waals surface area contributed by atoms with Crippen LogP contribution in [0.4, 0.5) is 0 Å². The molecule has 4 heterocycles. The molecule has 4 bridgehead atoms. The van der Waals surface area contributed by atoms with E-state index in [2.05, 4.69) is 273 Å². The van der Waals surface area contributed by atoms with E-state index in [0.717, 1.165) is 25.5 Å². The molecular formula is C54H48Ge3P7. The molecule has 0 amide bonds. The molecule has 0 fully saturated rings. The molecule has 0 nitrogen and oxygen atoms in total. The molecule has 3 atom stereocenters. The van der Waals surface area contributed by atoms with Crippen LogP contribution in [-0.4, -0.2) is 43.0 Å². The third-order valence-electron chi connectivity index (χ3n) is 10.6. The molecule has 4 aromatic heterocycles. The normalized spacial score (nSPS) is 12.4. The molecule has 0 N–H and O–H groups in total. The van der Waals surface area contributed by atoms with Crippen molar-refractivity contribution in [1.82, 2.24) is 0 Å². The van der Waals surface area contributed by atoms with Crippen LogP contribution >= 0.6 is 48.1 Å². The van der Waals surface area contributed by atoms with Crippen molar-refractivity contribution in [2.75, 3.05) is 0 Å². The Hall–Kier alpha value is -3.29. The van der Waals surface area contributed by atoms with Gasteiger partial charge in [-0.25, -0.2) is 0 Å². The van der Waals surface area contributed by atoms with Crippen LogP contribution < -0.4 is 39.6 Å². The number of rotatable bonds is 9. The third kappa shape index (κ3) is 12.2. The van der Waals surface area contributed by atoms with Crippen molar-refractivity contribution < 1.29 is 0 Å². The van der Waals surface area contributed by atoms with E-state index in [1.54, 1.807) is 22.6 Å². The van der Waals surface area contributed by atoms with Gasteiger partial charge in [0.2, 0.25) is 0 Å². The number of benzene rings is 9. The molecule has 3 radical (unpaired) electrons. The van der Waals surface area contributed by atoms with Crippen LogP contribution in [0.3, 0.4) is 0 Å². The summed E-state index contributed by atoms with van der Waals surface area (Å²) in [6, 6.07) is 98.4. The van der Waals surface area contributed by atoms with Gasteiger partial charge in [0.1, 0.15) is 0 Å². The maximum atomic E-state index is 2.27. The van der Waals surface area contributed by atoms with Crippen molar-refractivity contribution in [2.24, 2.45) is 0 Å². The van der Waals surface area contributed by atoms with Crippen LogP contribution in [0.1, 0.15) is 0 Å². The van der Waals surface area contributed by atoms with Crippen LogP contribution in [-0.2, 0) is 0 Å². The summed E-state index contributed by atoms with van der Waals surface area (Å²) in [7, 11) is 4.85. The van der Waals surface area contributed by atoms with E-state index in [-0.39, 0.29) is 0 Å². The fraction of sp³-hybridized carbons (Fsp3) is 0. The van der Waals surface area contributed by atoms with Crippen LogP contribution in [0.25, 0.3) is 0 Å². The third-order valence-corrected chi connectivity index (χ3v) is 109. The van der Waals surface area contributed by atoms with Gasteiger partial charge in [-0.1, -0.05) is 22.6 Å². The first-order chi connectivity index (χ1) is 31.8. The zero-order chi connectivity index (χ0) is 43.2. The Morgan fingerprint density at radius 1 is 0.188 bits per heavy atom. The van der Waals surface area contributed by atoms with Gasteiger partial charge in [0.05, 0.1) is 0 Å². The molecule has 13 rings (SSSR count). The van der Waals surface area contributed by atoms with Crippen molar-refractivity contribution >= 4 is 131 Å². The second kappa shape index (κ2) is 23.9. The summed E-state index contributed by atoms with van der Waals surface area (Å²) < 4.78 is 13.5. The van der Waals surface area contributed by atoms with E-state index < -0.39 is 43.0 Å². The Bertz CT molecular complexity index is 2450. The predicted octanol–water partition coefficient (Wildman–Crippen LogP) is 11.8. The number of hydrogen-bond acceptors (Lipinski definition) is 0. The monoisotopic (exact) mass is 1130 g/mol. The van der Waals surface area contributed by atoms with Crippen molar-refractivity contribution in [1.29, 1.82) is 0 Å². The van der Waals surface area contributed by atoms with E-state index in [1.165, 1.54) is 39.6 Å². The standard InChI is InChI=1S/3C18H15Ge.H3P7/c3*1-4-10-16(11-5-1)19(17-12-6-2-7-13-17)18-14-8-3-9-15-18;1-4-2-6-5(1)7(6)3-4/h3*1-15H;1-3H. The zero-order valence-electron chi connectivity index (χ0n) is 35.3. The van der Waals surface area contributed by atoms with Gasteiger partial charge >= 0.3 is 356 Å². The molecule has 0 aliphatic carbocycles. The van der Waals surface area contributed by atoms with E-state index >= 15 is 0 Å². The average molecular weight is 1130 g/mol. The van der Waals surface area contributed by atoms with E-state index in [4.69, 9.17) is 0 Å². The molecule has 10 heteroatoms. The van der Waals surface area contributed by atoms with Crippen LogP contribution in [0.2, 0.25) is 0 Å². The van der Waals surface area contributed by atoms with Crippen molar-refractivity contribution in [3.63, 3.8) is 0 Å². The second-order valence-corrected chi connectivity index (χ2v) is 69.6. The molecule has 0 aliphatic heterocycles. The number of hydrogen-bond donors (Lipinski definition) is 0. The first-order valence-corrected chi connectivity index (χ1v) is 46.4. The van der Waals surface area contributed by atoms with Crippen molar-refractivity contribution in [3.05, 3.63) is 273 Å². The molecule has 0 spiro atoms. The maximum absolute atomic E-state index is 2.27. The summed E-state index contributed by atoms with van der Waals surface area (Å²) in [6.07, 6.45) is 3.61. The molecular weight excluding hydrogens is 1080 g/mol. The minimum absolute atomic E-state index is 0.838. The molecule has 13 aromatic rings. The van der Waals surface area contributed by atoms with Crippen LogP contribution in [0.5, 0.6) is 0 Å². The molecule has 0 saturated carbocycles. The Morgan fingerprint density at radius 2 is 0.312 bits per heavy atom. The SMILES string of the molecule is [pH]1p2[pH]p3p1p3[pH]2.c1cc[c]([Ge]([c]2ccccc2)[c]2ccccc2)cc1.c1cc[c]([Ge]([c]2ccccc2)[c]2ccccc2)cc1.c1cc[c]([Ge]([c]2ccccc2)[c]2ccccc2)cc1. The predicted molar refractivity (Wildman–Crippen MR) is 305 cm³/mol. The molecule has 3 unspecified atom stereocenters. The van der Waals surface area contributed by atoms with Gasteiger partial charge in [-0.15, -0.1) is 0 Å². The quantitative estimate of drug-likeness (QED) is 0.126. The Labute approximate surface area is 400 Å². The second-order valence-electron chi connectivity index (χ2n) is 14.9. The van der Waals surface area contributed by atoms with Gasteiger partial charge in [0.15, 0.2) is 0 Å². The van der Waals surface area contributed by atoms with Crippen molar-refractivity contribution in [2.45, 2.75) is 0 Å². The van der Waals surface area contributed by atoms with Crippen LogP contribution in [0, 0.1) is 0 Å². The van der Waals surface area contributed by atoms with E-state index in [1.807, 2.05) is 0 Å². The van der Waals surface area contributed by atoms with Gasteiger partial charge in [-0.3, -0.25) is 0 Å². The summed E-state index contributed by atoms with van der Waals surface area (Å²) in [5.74, 6) is 0. The fourth-order valence-corrected chi connectivity index (χ4v) is 197. The van der Waals surface area contributed by atoms with Crippen LogP contribution in [0.15, 0.2) is 273 Å². The van der Waals surface area contributed by atoms with Gasteiger partial charge in [0, 0.05) is 0 Å².